The van der Waals surface area contributed by atoms with E-state index in [0.29, 0.717) is 48.2 Å². The van der Waals surface area contributed by atoms with Gasteiger partial charge in [-0.3, -0.25) is 4.79 Å². The van der Waals surface area contributed by atoms with Crippen molar-refractivity contribution in [3.63, 3.8) is 0 Å². The van der Waals surface area contributed by atoms with Gasteiger partial charge in [-0.2, -0.15) is 9.29 Å². The summed E-state index contributed by atoms with van der Waals surface area (Å²) in [7, 11) is -3.43. The van der Waals surface area contributed by atoms with Crippen molar-refractivity contribution in [1.82, 2.24) is 24.5 Å². The van der Waals surface area contributed by atoms with E-state index in [0.717, 1.165) is 6.26 Å². The van der Waals surface area contributed by atoms with Gasteiger partial charge in [0.2, 0.25) is 15.9 Å². The molecule has 3 rings (SSSR count). The number of carbonyl (C=O) groups is 1. The van der Waals surface area contributed by atoms with E-state index in [1.807, 2.05) is 0 Å². The van der Waals surface area contributed by atoms with Crippen molar-refractivity contribution in [3.8, 4) is 0 Å². The second kappa shape index (κ2) is 6.80. The number of hydrogen-bond acceptors (Lipinski definition) is 8. The summed E-state index contributed by atoms with van der Waals surface area (Å²) in [6.07, 6.45) is 1.51. The lowest BCUT2D eigenvalue weighted by Crippen LogP contribution is -2.62. The van der Waals surface area contributed by atoms with Gasteiger partial charge in [-0.05, 0) is 13.8 Å². The predicted molar refractivity (Wildman–Crippen MR) is 90.0 cm³/mol. The molecule has 1 aliphatic rings. The molecule has 2 aromatic rings. The van der Waals surface area contributed by atoms with Crippen LogP contribution < -0.4 is 0 Å². The number of aromatic nitrogens is 3. The third-order valence-electron chi connectivity index (χ3n) is 4.36. The van der Waals surface area contributed by atoms with Crippen LogP contribution in [-0.2, 0) is 16.4 Å². The Labute approximate surface area is 151 Å². The number of hydrogen-bond donors (Lipinski definition) is 0. The molecule has 0 N–H and O–H groups in total. The van der Waals surface area contributed by atoms with Crippen LogP contribution in [0.1, 0.15) is 33.5 Å². The molecule has 0 atom stereocenters. The smallest absolute Gasteiger partial charge is 0.259 e. The van der Waals surface area contributed by atoms with E-state index in [1.54, 1.807) is 25.7 Å². The van der Waals surface area contributed by atoms with Gasteiger partial charge in [0.1, 0.15) is 11.3 Å². The van der Waals surface area contributed by atoms with Gasteiger partial charge >= 0.3 is 0 Å². The lowest BCUT2D eigenvalue weighted by Gasteiger charge is -2.44. The summed E-state index contributed by atoms with van der Waals surface area (Å²) in [6, 6.07) is -0.276. The average Bonchev–Trinajstić information content (AvgIpc) is 3.05. The van der Waals surface area contributed by atoms with Gasteiger partial charge in [-0.15, -0.1) is 0 Å². The van der Waals surface area contributed by atoms with Gasteiger partial charge < -0.3 is 13.9 Å². The highest BCUT2D eigenvalue weighted by Gasteiger charge is 2.40. The summed E-state index contributed by atoms with van der Waals surface area (Å²) in [6.45, 7) is 5.93. The summed E-state index contributed by atoms with van der Waals surface area (Å²) in [5.74, 6) is 1.16. The largest absolute Gasteiger partial charge is 0.361 e. The maximum atomic E-state index is 12.6. The Kier molecular flexibility index (Phi) is 4.84. The van der Waals surface area contributed by atoms with E-state index >= 15 is 0 Å². The fourth-order valence-corrected chi connectivity index (χ4v) is 4.12. The van der Waals surface area contributed by atoms with Crippen molar-refractivity contribution < 1.29 is 22.3 Å². The molecular formula is C15H21N5O5S. The number of nitrogens with zero attached hydrogens (tertiary/aromatic N) is 5. The zero-order chi connectivity index (χ0) is 19.1. The number of rotatable bonds is 6. The molecule has 0 spiro atoms. The first-order valence-electron chi connectivity index (χ1n) is 8.15. The minimum absolute atomic E-state index is 0.195. The van der Waals surface area contributed by atoms with Gasteiger partial charge in [0.15, 0.2) is 5.82 Å². The third kappa shape index (κ3) is 3.63. The summed E-state index contributed by atoms with van der Waals surface area (Å²) < 4.78 is 35.6. The molecule has 26 heavy (non-hydrogen) atoms. The Hall–Kier alpha value is -2.27. The van der Waals surface area contributed by atoms with Crippen LogP contribution in [-0.4, -0.2) is 70.8 Å². The first kappa shape index (κ1) is 18.5. The molecule has 1 amide bonds. The molecule has 1 fully saturated rings. The van der Waals surface area contributed by atoms with Gasteiger partial charge in [-0.25, -0.2) is 8.42 Å². The van der Waals surface area contributed by atoms with Gasteiger partial charge in [0.25, 0.3) is 5.91 Å². The first-order valence-corrected chi connectivity index (χ1v) is 9.99. The van der Waals surface area contributed by atoms with Gasteiger partial charge in [0, 0.05) is 33.0 Å². The molecule has 0 aromatic carbocycles. The molecule has 11 heteroatoms. The minimum atomic E-state index is -3.43. The third-order valence-corrected chi connectivity index (χ3v) is 5.69. The van der Waals surface area contributed by atoms with Crippen LogP contribution in [0.4, 0.5) is 0 Å². The molecule has 10 nitrogen and oxygen atoms in total. The Morgan fingerprint density at radius 1 is 1.23 bits per heavy atom. The Balaban J connectivity index is 1.64. The van der Waals surface area contributed by atoms with Crippen LogP contribution >= 0.6 is 0 Å². The molecule has 0 unspecified atom stereocenters. The van der Waals surface area contributed by atoms with E-state index in [-0.39, 0.29) is 18.5 Å². The molecule has 142 valence electrons. The molecule has 0 radical (unpaired) electrons. The van der Waals surface area contributed by atoms with E-state index in [1.165, 1.54) is 4.31 Å². The Morgan fingerprint density at radius 2 is 1.92 bits per heavy atom. The number of sulfonamides is 1. The van der Waals surface area contributed by atoms with Crippen molar-refractivity contribution in [2.24, 2.45) is 0 Å². The lowest BCUT2D eigenvalue weighted by molar-refractivity contribution is 0.0451. The van der Waals surface area contributed by atoms with Crippen molar-refractivity contribution in [1.29, 1.82) is 0 Å². The van der Waals surface area contributed by atoms with Crippen LogP contribution in [0.25, 0.3) is 0 Å². The predicted octanol–water partition coefficient (Wildman–Crippen LogP) is 0.312. The minimum Gasteiger partial charge on any atom is -0.361 e. The van der Waals surface area contributed by atoms with Crippen LogP contribution in [0.2, 0.25) is 0 Å². The highest BCUT2D eigenvalue weighted by atomic mass is 32.2. The normalized spacial score (nSPS) is 15.5. The number of likely N-dealkylation sites (tertiary alicyclic amines) is 1. The average molecular weight is 383 g/mol. The second-order valence-electron chi connectivity index (χ2n) is 6.42. The van der Waals surface area contributed by atoms with E-state index < -0.39 is 10.0 Å². The number of carbonyl (C=O) groups excluding carboxylic acids is 1. The molecule has 0 saturated carbocycles. The highest BCUT2D eigenvalue weighted by Crippen LogP contribution is 2.23. The standard InChI is InChI=1S/C15H21N5O5S/c1-9-14(10(2)24-17-9)15(21)19-7-12(8-19)20(26(4,22)23)6-5-13-16-11(3)25-18-13/h12H,5-8H2,1-4H3. The molecular weight excluding hydrogens is 362 g/mol. The Bertz CT molecular complexity index is 893. The van der Waals surface area contributed by atoms with Gasteiger partial charge in [0.05, 0.1) is 18.0 Å². The number of aryl methyl sites for hydroxylation is 3. The summed E-state index contributed by atoms with van der Waals surface area (Å²) >= 11 is 0. The molecule has 0 bridgehead atoms. The monoisotopic (exact) mass is 383 g/mol. The fourth-order valence-electron chi connectivity index (χ4n) is 3.02. The fraction of sp³-hybridized carbons (Fsp3) is 0.600. The lowest BCUT2D eigenvalue weighted by atomic mass is 10.1. The van der Waals surface area contributed by atoms with Crippen molar-refractivity contribution in [2.45, 2.75) is 33.2 Å². The Morgan fingerprint density at radius 3 is 2.42 bits per heavy atom. The quantitative estimate of drug-likeness (QED) is 0.698. The second-order valence-corrected chi connectivity index (χ2v) is 8.35. The van der Waals surface area contributed by atoms with Crippen molar-refractivity contribution in [3.05, 3.63) is 28.7 Å². The SMILES string of the molecule is Cc1nc(CCN(C2CN(C(=O)c3c(C)noc3C)C2)S(C)(=O)=O)no1. The van der Waals surface area contributed by atoms with Crippen LogP contribution in [0.3, 0.4) is 0 Å². The van der Waals surface area contributed by atoms with Crippen LogP contribution in [0.15, 0.2) is 9.05 Å². The van der Waals surface area contributed by atoms with Crippen molar-refractivity contribution >= 4 is 15.9 Å². The molecule has 1 saturated heterocycles. The summed E-state index contributed by atoms with van der Waals surface area (Å²) in [5.41, 5.74) is 0.972. The van der Waals surface area contributed by atoms with Crippen molar-refractivity contribution in [2.75, 3.05) is 25.9 Å². The molecule has 1 aliphatic heterocycles. The summed E-state index contributed by atoms with van der Waals surface area (Å²) in [5, 5.41) is 7.56. The van der Waals surface area contributed by atoms with E-state index in [9.17, 15) is 13.2 Å². The van der Waals surface area contributed by atoms with Crippen LogP contribution in [0, 0.1) is 20.8 Å². The zero-order valence-electron chi connectivity index (χ0n) is 15.1. The molecule has 3 heterocycles. The summed E-state index contributed by atoms with van der Waals surface area (Å²) in [4.78, 5) is 18.2. The maximum Gasteiger partial charge on any atom is 0.259 e. The van der Waals surface area contributed by atoms with Gasteiger partial charge in [-0.1, -0.05) is 10.3 Å². The molecule has 0 aliphatic carbocycles. The maximum absolute atomic E-state index is 12.6. The zero-order valence-corrected chi connectivity index (χ0v) is 15.9. The van der Waals surface area contributed by atoms with Crippen LogP contribution in [0.5, 0.6) is 0 Å². The number of amides is 1. The highest BCUT2D eigenvalue weighted by molar-refractivity contribution is 7.88. The van der Waals surface area contributed by atoms with E-state index in [2.05, 4.69) is 15.3 Å². The van der Waals surface area contributed by atoms with E-state index in [4.69, 9.17) is 9.05 Å². The first-order chi connectivity index (χ1) is 12.2. The topological polar surface area (TPSA) is 123 Å². The molecule has 2 aromatic heterocycles.